The predicted octanol–water partition coefficient (Wildman–Crippen LogP) is 2.48. The molecule has 0 saturated heterocycles. The molecule has 0 bridgehead atoms. The average Bonchev–Trinajstić information content (AvgIpc) is 3.31. The number of ether oxygens (including phenoxy) is 2. The van der Waals surface area contributed by atoms with Gasteiger partial charge in [-0.2, -0.15) is 0 Å². The van der Waals surface area contributed by atoms with Crippen LogP contribution in [0.4, 0.5) is 0 Å². The standard InChI is InChI=1S/C15H19N3O3S/c1-20-12-5-7-13(8-6-12)21-9-2-10-22-15-17-16-14(19)18(15)11-3-4-11/h5-8,11H,2-4,9-10H2,1H3,(H,16,19). The lowest BCUT2D eigenvalue weighted by molar-refractivity contribution is 0.318. The van der Waals surface area contributed by atoms with Crippen LogP contribution in [0.3, 0.4) is 0 Å². The molecule has 1 saturated carbocycles. The Morgan fingerprint density at radius 1 is 1.32 bits per heavy atom. The SMILES string of the molecule is COc1ccc(OCCCSc2n[nH]c(=O)n2C2CC2)cc1. The molecule has 1 N–H and O–H groups in total. The van der Waals surface area contributed by atoms with Crippen molar-refractivity contribution in [2.24, 2.45) is 0 Å². The maximum Gasteiger partial charge on any atom is 0.344 e. The summed E-state index contributed by atoms with van der Waals surface area (Å²) in [6.45, 7) is 0.636. The van der Waals surface area contributed by atoms with Crippen molar-refractivity contribution in [3.05, 3.63) is 34.7 Å². The zero-order chi connectivity index (χ0) is 15.4. The second-order valence-electron chi connectivity index (χ2n) is 5.14. The van der Waals surface area contributed by atoms with E-state index in [0.29, 0.717) is 12.6 Å². The average molecular weight is 321 g/mol. The van der Waals surface area contributed by atoms with E-state index in [-0.39, 0.29) is 5.69 Å². The van der Waals surface area contributed by atoms with Gasteiger partial charge < -0.3 is 9.47 Å². The number of aromatic amines is 1. The van der Waals surface area contributed by atoms with Gasteiger partial charge in [-0.3, -0.25) is 4.57 Å². The number of methoxy groups -OCH3 is 1. The fourth-order valence-corrected chi connectivity index (χ4v) is 3.06. The van der Waals surface area contributed by atoms with Crippen LogP contribution in [0.2, 0.25) is 0 Å². The van der Waals surface area contributed by atoms with Crippen LogP contribution < -0.4 is 15.2 Å². The first kappa shape index (κ1) is 15.0. The third kappa shape index (κ3) is 3.65. The van der Waals surface area contributed by atoms with E-state index in [0.717, 1.165) is 41.7 Å². The summed E-state index contributed by atoms with van der Waals surface area (Å²) in [5, 5.41) is 7.40. The Bertz CT molecular complexity index is 661. The Morgan fingerprint density at radius 2 is 2.05 bits per heavy atom. The highest BCUT2D eigenvalue weighted by Gasteiger charge is 2.28. The van der Waals surface area contributed by atoms with Crippen molar-refractivity contribution < 1.29 is 9.47 Å². The molecule has 1 fully saturated rings. The number of H-pyrrole nitrogens is 1. The van der Waals surface area contributed by atoms with E-state index < -0.39 is 0 Å². The highest BCUT2D eigenvalue weighted by Crippen LogP contribution is 2.36. The van der Waals surface area contributed by atoms with Crippen LogP contribution in [-0.2, 0) is 0 Å². The minimum absolute atomic E-state index is 0.0977. The number of hydrogen-bond donors (Lipinski definition) is 1. The zero-order valence-corrected chi connectivity index (χ0v) is 13.3. The van der Waals surface area contributed by atoms with Gasteiger partial charge >= 0.3 is 5.69 Å². The molecule has 0 amide bonds. The van der Waals surface area contributed by atoms with E-state index >= 15 is 0 Å². The summed E-state index contributed by atoms with van der Waals surface area (Å²) < 4.78 is 12.5. The van der Waals surface area contributed by atoms with Gasteiger partial charge in [-0.1, -0.05) is 11.8 Å². The molecule has 0 radical (unpaired) electrons. The van der Waals surface area contributed by atoms with Gasteiger partial charge in [-0.15, -0.1) is 5.10 Å². The van der Waals surface area contributed by atoms with E-state index in [1.165, 1.54) is 0 Å². The van der Waals surface area contributed by atoms with Crippen molar-refractivity contribution in [1.82, 2.24) is 14.8 Å². The molecule has 118 valence electrons. The van der Waals surface area contributed by atoms with Crippen LogP contribution in [0, 0.1) is 0 Å². The monoisotopic (exact) mass is 321 g/mol. The van der Waals surface area contributed by atoms with E-state index in [4.69, 9.17) is 9.47 Å². The predicted molar refractivity (Wildman–Crippen MR) is 84.9 cm³/mol. The number of nitrogens with one attached hydrogen (secondary N) is 1. The lowest BCUT2D eigenvalue weighted by atomic mass is 10.3. The maximum absolute atomic E-state index is 11.6. The van der Waals surface area contributed by atoms with Gasteiger partial charge in [0.15, 0.2) is 5.16 Å². The van der Waals surface area contributed by atoms with Crippen LogP contribution in [-0.4, -0.2) is 34.2 Å². The molecule has 1 aliphatic rings. The quantitative estimate of drug-likeness (QED) is 0.597. The second kappa shape index (κ2) is 6.91. The molecule has 3 rings (SSSR count). The van der Waals surface area contributed by atoms with Crippen molar-refractivity contribution >= 4 is 11.8 Å². The summed E-state index contributed by atoms with van der Waals surface area (Å²) in [6, 6.07) is 7.89. The number of aromatic nitrogens is 3. The molecular weight excluding hydrogens is 302 g/mol. The Kier molecular flexibility index (Phi) is 4.72. The zero-order valence-electron chi connectivity index (χ0n) is 12.4. The molecule has 1 aromatic carbocycles. The highest BCUT2D eigenvalue weighted by molar-refractivity contribution is 7.99. The largest absolute Gasteiger partial charge is 0.497 e. The molecule has 1 aliphatic carbocycles. The lowest BCUT2D eigenvalue weighted by Crippen LogP contribution is -2.16. The highest BCUT2D eigenvalue weighted by atomic mass is 32.2. The van der Waals surface area contributed by atoms with Crippen molar-refractivity contribution in [3.63, 3.8) is 0 Å². The van der Waals surface area contributed by atoms with E-state index in [1.54, 1.807) is 23.4 Å². The molecular formula is C15H19N3O3S. The Hall–Kier alpha value is -1.89. The van der Waals surface area contributed by atoms with Gasteiger partial charge in [-0.25, -0.2) is 9.89 Å². The van der Waals surface area contributed by atoms with Crippen molar-refractivity contribution in [1.29, 1.82) is 0 Å². The van der Waals surface area contributed by atoms with E-state index in [1.807, 2.05) is 24.3 Å². The molecule has 6 nitrogen and oxygen atoms in total. The summed E-state index contributed by atoms with van der Waals surface area (Å²) >= 11 is 1.60. The molecule has 0 atom stereocenters. The van der Waals surface area contributed by atoms with E-state index in [2.05, 4.69) is 10.2 Å². The Balaban J connectivity index is 1.41. The maximum atomic E-state index is 11.6. The van der Waals surface area contributed by atoms with Gasteiger partial charge in [0.25, 0.3) is 0 Å². The third-order valence-electron chi connectivity index (χ3n) is 3.43. The molecule has 1 aromatic heterocycles. The number of thioether (sulfide) groups is 1. The summed E-state index contributed by atoms with van der Waals surface area (Å²) in [5.41, 5.74) is -0.0977. The minimum atomic E-state index is -0.0977. The number of hydrogen-bond acceptors (Lipinski definition) is 5. The fraction of sp³-hybridized carbons (Fsp3) is 0.467. The van der Waals surface area contributed by atoms with E-state index in [9.17, 15) is 4.79 Å². The van der Waals surface area contributed by atoms with Crippen LogP contribution in [0.15, 0.2) is 34.2 Å². The van der Waals surface area contributed by atoms with Crippen molar-refractivity contribution in [2.75, 3.05) is 19.5 Å². The first-order valence-electron chi connectivity index (χ1n) is 7.34. The molecule has 22 heavy (non-hydrogen) atoms. The van der Waals surface area contributed by atoms with Gasteiger partial charge in [0.05, 0.1) is 13.7 Å². The minimum Gasteiger partial charge on any atom is -0.497 e. The molecule has 0 aliphatic heterocycles. The Labute approximate surface area is 132 Å². The van der Waals surface area contributed by atoms with Crippen LogP contribution >= 0.6 is 11.8 Å². The summed E-state index contributed by atoms with van der Waals surface area (Å²) in [7, 11) is 1.64. The molecule has 2 aromatic rings. The van der Waals surface area contributed by atoms with Crippen molar-refractivity contribution in [3.8, 4) is 11.5 Å². The lowest BCUT2D eigenvalue weighted by Gasteiger charge is -2.07. The smallest absolute Gasteiger partial charge is 0.344 e. The third-order valence-corrected chi connectivity index (χ3v) is 4.47. The normalized spacial score (nSPS) is 14.0. The molecule has 0 spiro atoms. The summed E-state index contributed by atoms with van der Waals surface area (Å²) in [5.74, 6) is 2.52. The topological polar surface area (TPSA) is 69.1 Å². The molecule has 1 heterocycles. The fourth-order valence-electron chi connectivity index (χ4n) is 2.13. The second-order valence-corrected chi connectivity index (χ2v) is 6.20. The van der Waals surface area contributed by atoms with Gasteiger partial charge in [-0.05, 0) is 43.5 Å². The Morgan fingerprint density at radius 3 is 2.73 bits per heavy atom. The summed E-state index contributed by atoms with van der Waals surface area (Å²) in [4.78, 5) is 11.6. The van der Waals surface area contributed by atoms with Gasteiger partial charge in [0, 0.05) is 11.8 Å². The number of rotatable bonds is 8. The first-order chi connectivity index (χ1) is 10.8. The molecule has 7 heteroatoms. The number of nitrogens with zero attached hydrogens (tertiary/aromatic N) is 2. The van der Waals surface area contributed by atoms with Crippen LogP contribution in [0.25, 0.3) is 0 Å². The number of benzene rings is 1. The molecule has 0 unspecified atom stereocenters. The van der Waals surface area contributed by atoms with Crippen molar-refractivity contribution in [2.45, 2.75) is 30.5 Å². The summed E-state index contributed by atoms with van der Waals surface area (Å²) in [6.07, 6.45) is 3.05. The van der Waals surface area contributed by atoms with Crippen LogP contribution in [0.1, 0.15) is 25.3 Å². The van der Waals surface area contributed by atoms with Crippen LogP contribution in [0.5, 0.6) is 11.5 Å². The van der Waals surface area contributed by atoms with Gasteiger partial charge in [0.1, 0.15) is 11.5 Å². The van der Waals surface area contributed by atoms with Gasteiger partial charge in [0.2, 0.25) is 0 Å². The first-order valence-corrected chi connectivity index (χ1v) is 8.33.